The number of carbonyl (C=O) groups is 1. The van der Waals surface area contributed by atoms with Crippen molar-refractivity contribution in [3.63, 3.8) is 0 Å². The molecule has 0 fully saturated rings. The Bertz CT molecular complexity index is 859. The number of thiophene rings is 1. The number of aromatic nitrogens is 1. The van der Waals surface area contributed by atoms with Crippen LogP contribution in [0.4, 0.5) is 4.79 Å². The molecule has 2 aromatic heterocycles. The van der Waals surface area contributed by atoms with Crippen LogP contribution in [0.5, 0.6) is 5.88 Å². The summed E-state index contributed by atoms with van der Waals surface area (Å²) in [6, 6.07) is 11.9. The number of benzene rings is 1. The molecule has 6 heteroatoms. The maximum Gasteiger partial charge on any atom is 0.315 e. The molecule has 136 valence electrons. The molecule has 2 heterocycles. The molecule has 0 spiro atoms. The zero-order chi connectivity index (χ0) is 18.4. The second-order valence-corrected chi connectivity index (χ2v) is 7.20. The standard InChI is InChI=1S/C20H23N3O2S/c1-14(2)25-19-8-7-15(11-22-19)12-23-20(24)21-10-9-16-13-26-18-6-4-3-5-17(16)18/h3-8,11,13-14H,9-10,12H2,1-2H3,(H2,21,23,24). The van der Waals surface area contributed by atoms with Gasteiger partial charge in [-0.3, -0.25) is 0 Å². The van der Waals surface area contributed by atoms with Crippen molar-refractivity contribution in [3.05, 3.63) is 59.1 Å². The smallest absolute Gasteiger partial charge is 0.315 e. The van der Waals surface area contributed by atoms with Gasteiger partial charge < -0.3 is 15.4 Å². The van der Waals surface area contributed by atoms with E-state index in [2.05, 4.69) is 33.1 Å². The molecule has 0 aliphatic rings. The van der Waals surface area contributed by atoms with E-state index >= 15 is 0 Å². The highest BCUT2D eigenvalue weighted by Crippen LogP contribution is 2.25. The molecule has 0 bridgehead atoms. The number of pyridine rings is 1. The van der Waals surface area contributed by atoms with Crippen LogP contribution in [0.15, 0.2) is 48.0 Å². The SMILES string of the molecule is CC(C)Oc1ccc(CNC(=O)NCCc2csc3ccccc23)cn1. The van der Waals surface area contributed by atoms with Gasteiger partial charge in [0.2, 0.25) is 5.88 Å². The predicted octanol–water partition coefficient (Wildman–Crippen LogP) is 4.13. The molecular weight excluding hydrogens is 346 g/mol. The van der Waals surface area contributed by atoms with Gasteiger partial charge in [0.15, 0.2) is 0 Å². The summed E-state index contributed by atoms with van der Waals surface area (Å²) in [5.41, 5.74) is 2.20. The van der Waals surface area contributed by atoms with E-state index in [4.69, 9.17) is 4.74 Å². The molecule has 2 N–H and O–H groups in total. The minimum absolute atomic E-state index is 0.0950. The molecular formula is C20H23N3O2S. The van der Waals surface area contributed by atoms with E-state index in [0.29, 0.717) is 19.0 Å². The van der Waals surface area contributed by atoms with Gasteiger partial charge in [-0.05, 0) is 48.2 Å². The molecule has 3 rings (SSSR count). The van der Waals surface area contributed by atoms with Crippen LogP contribution in [0.2, 0.25) is 0 Å². The molecule has 26 heavy (non-hydrogen) atoms. The highest BCUT2D eigenvalue weighted by Gasteiger charge is 2.05. The topological polar surface area (TPSA) is 63.2 Å². The fourth-order valence-corrected chi connectivity index (χ4v) is 3.61. The summed E-state index contributed by atoms with van der Waals surface area (Å²) in [7, 11) is 0. The lowest BCUT2D eigenvalue weighted by Crippen LogP contribution is -2.36. The van der Waals surface area contributed by atoms with E-state index in [0.717, 1.165) is 12.0 Å². The van der Waals surface area contributed by atoms with Gasteiger partial charge in [0.05, 0.1) is 6.10 Å². The molecule has 0 aliphatic carbocycles. The number of nitrogens with one attached hydrogen (secondary N) is 2. The second-order valence-electron chi connectivity index (χ2n) is 6.29. The van der Waals surface area contributed by atoms with Crippen LogP contribution in [0.3, 0.4) is 0 Å². The van der Waals surface area contributed by atoms with E-state index in [1.807, 2.05) is 38.1 Å². The second kappa shape index (κ2) is 8.67. The van der Waals surface area contributed by atoms with Crippen LogP contribution in [0.25, 0.3) is 10.1 Å². The molecule has 5 nitrogen and oxygen atoms in total. The van der Waals surface area contributed by atoms with Gasteiger partial charge in [0.25, 0.3) is 0 Å². The molecule has 0 radical (unpaired) electrons. The summed E-state index contributed by atoms with van der Waals surface area (Å²) >= 11 is 1.74. The van der Waals surface area contributed by atoms with Crippen LogP contribution in [-0.4, -0.2) is 23.7 Å². The molecule has 0 saturated heterocycles. The minimum atomic E-state index is -0.174. The maximum absolute atomic E-state index is 12.0. The Labute approximate surface area is 157 Å². The average Bonchev–Trinajstić information content (AvgIpc) is 3.04. The Hall–Kier alpha value is -2.60. The third-order valence-electron chi connectivity index (χ3n) is 3.85. The molecule has 3 aromatic rings. The van der Waals surface area contributed by atoms with Crippen molar-refractivity contribution >= 4 is 27.5 Å². The first kappa shape index (κ1) is 18.2. The number of amides is 2. The predicted molar refractivity (Wildman–Crippen MR) is 106 cm³/mol. The van der Waals surface area contributed by atoms with Crippen LogP contribution in [-0.2, 0) is 13.0 Å². The first-order valence-electron chi connectivity index (χ1n) is 8.70. The number of nitrogens with zero attached hydrogens (tertiary/aromatic N) is 1. The van der Waals surface area contributed by atoms with Gasteiger partial charge in [-0.25, -0.2) is 9.78 Å². The van der Waals surface area contributed by atoms with Crippen molar-refractivity contribution in [2.24, 2.45) is 0 Å². The molecule has 0 atom stereocenters. The Morgan fingerprint density at radius 1 is 1.19 bits per heavy atom. The van der Waals surface area contributed by atoms with Crippen molar-refractivity contribution < 1.29 is 9.53 Å². The molecule has 0 saturated carbocycles. The molecule has 0 unspecified atom stereocenters. The summed E-state index contributed by atoms with van der Waals surface area (Å²) in [6.45, 7) is 4.95. The summed E-state index contributed by atoms with van der Waals surface area (Å²) < 4.78 is 6.79. The van der Waals surface area contributed by atoms with Crippen LogP contribution in [0.1, 0.15) is 25.0 Å². The van der Waals surface area contributed by atoms with Gasteiger partial charge >= 0.3 is 6.03 Å². The van der Waals surface area contributed by atoms with Crippen molar-refractivity contribution in [2.45, 2.75) is 32.9 Å². The Balaban J connectivity index is 1.41. The monoisotopic (exact) mass is 369 g/mol. The zero-order valence-electron chi connectivity index (χ0n) is 15.0. The normalized spacial score (nSPS) is 10.9. The summed E-state index contributed by atoms with van der Waals surface area (Å²) in [4.78, 5) is 16.2. The number of urea groups is 1. The highest BCUT2D eigenvalue weighted by molar-refractivity contribution is 7.17. The van der Waals surface area contributed by atoms with Gasteiger partial charge in [-0.15, -0.1) is 11.3 Å². The fourth-order valence-electron chi connectivity index (χ4n) is 2.61. The quantitative estimate of drug-likeness (QED) is 0.658. The molecule has 2 amide bonds. The van der Waals surface area contributed by atoms with E-state index in [1.165, 1.54) is 15.6 Å². The lowest BCUT2D eigenvalue weighted by molar-refractivity contribution is 0.232. The number of fused-ring (bicyclic) bond motifs is 1. The van der Waals surface area contributed by atoms with E-state index in [9.17, 15) is 4.79 Å². The minimum Gasteiger partial charge on any atom is -0.475 e. The highest BCUT2D eigenvalue weighted by atomic mass is 32.1. The molecule has 1 aromatic carbocycles. The van der Waals surface area contributed by atoms with Crippen LogP contribution >= 0.6 is 11.3 Å². The number of rotatable bonds is 7. The summed E-state index contributed by atoms with van der Waals surface area (Å²) in [5, 5.41) is 9.19. The summed E-state index contributed by atoms with van der Waals surface area (Å²) in [6.07, 6.45) is 2.63. The number of ether oxygens (including phenoxy) is 1. The van der Waals surface area contributed by atoms with Gasteiger partial charge in [-0.1, -0.05) is 24.3 Å². The third-order valence-corrected chi connectivity index (χ3v) is 4.86. The number of carbonyl (C=O) groups excluding carboxylic acids is 1. The van der Waals surface area contributed by atoms with Gasteiger partial charge in [0, 0.05) is 30.1 Å². The Morgan fingerprint density at radius 2 is 2.04 bits per heavy atom. The van der Waals surface area contributed by atoms with Crippen LogP contribution in [0, 0.1) is 0 Å². The average molecular weight is 369 g/mol. The van der Waals surface area contributed by atoms with E-state index in [1.54, 1.807) is 17.5 Å². The fraction of sp³-hybridized carbons (Fsp3) is 0.300. The maximum atomic E-state index is 12.0. The first-order valence-corrected chi connectivity index (χ1v) is 9.58. The van der Waals surface area contributed by atoms with Crippen LogP contribution < -0.4 is 15.4 Å². The van der Waals surface area contributed by atoms with Crippen molar-refractivity contribution in [1.82, 2.24) is 15.6 Å². The van der Waals surface area contributed by atoms with E-state index in [-0.39, 0.29) is 12.1 Å². The number of hydrogen-bond acceptors (Lipinski definition) is 4. The summed E-state index contributed by atoms with van der Waals surface area (Å²) in [5.74, 6) is 0.594. The van der Waals surface area contributed by atoms with Crippen molar-refractivity contribution in [1.29, 1.82) is 0 Å². The zero-order valence-corrected chi connectivity index (χ0v) is 15.8. The Morgan fingerprint density at radius 3 is 2.81 bits per heavy atom. The van der Waals surface area contributed by atoms with E-state index < -0.39 is 0 Å². The van der Waals surface area contributed by atoms with Gasteiger partial charge in [-0.2, -0.15) is 0 Å². The van der Waals surface area contributed by atoms with Crippen molar-refractivity contribution in [2.75, 3.05) is 6.54 Å². The first-order chi connectivity index (χ1) is 12.6. The lowest BCUT2D eigenvalue weighted by Gasteiger charge is -2.10. The van der Waals surface area contributed by atoms with Gasteiger partial charge in [0.1, 0.15) is 0 Å². The van der Waals surface area contributed by atoms with Crippen molar-refractivity contribution in [3.8, 4) is 5.88 Å². The Kier molecular flexibility index (Phi) is 6.07. The number of hydrogen-bond donors (Lipinski definition) is 2. The lowest BCUT2D eigenvalue weighted by atomic mass is 10.1. The molecule has 0 aliphatic heterocycles. The largest absolute Gasteiger partial charge is 0.475 e. The third kappa shape index (κ3) is 4.95.